The molecule has 2 aromatic rings. The molecule has 0 bridgehead atoms. The minimum Gasteiger partial charge on any atom is -0.271 e. The van der Waals surface area contributed by atoms with Gasteiger partial charge in [-0.05, 0) is 47.9 Å². The minimum absolute atomic E-state index is 0.0979. The summed E-state index contributed by atoms with van der Waals surface area (Å²) in [5.74, 6) is 5.70. The molecule has 0 radical (unpaired) electrons. The van der Waals surface area contributed by atoms with Crippen LogP contribution in [0.1, 0.15) is 17.2 Å². The smallest absolute Gasteiger partial charge is 0.0512 e. The molecule has 6 heteroatoms. The summed E-state index contributed by atoms with van der Waals surface area (Å²) in [6.07, 6.45) is 0.601. The molecule has 0 aliphatic rings. The Morgan fingerprint density at radius 3 is 2.35 bits per heavy atom. The van der Waals surface area contributed by atoms with Gasteiger partial charge in [0.1, 0.15) is 0 Å². The second-order valence-corrected chi connectivity index (χ2v) is 6.87. The van der Waals surface area contributed by atoms with Crippen molar-refractivity contribution in [3.05, 3.63) is 66.5 Å². The molecule has 3 N–H and O–H groups in total. The van der Waals surface area contributed by atoms with Gasteiger partial charge in [-0.15, -0.1) is 0 Å². The summed E-state index contributed by atoms with van der Waals surface area (Å²) in [5.41, 5.74) is 4.74. The van der Waals surface area contributed by atoms with Crippen molar-refractivity contribution in [1.29, 1.82) is 0 Å². The fourth-order valence-corrected chi connectivity index (χ4v) is 3.43. The van der Waals surface area contributed by atoms with Crippen molar-refractivity contribution in [2.75, 3.05) is 0 Å². The molecule has 106 valence electrons. The van der Waals surface area contributed by atoms with E-state index in [4.69, 9.17) is 29.0 Å². The highest BCUT2D eigenvalue weighted by atomic mass is 79.9. The van der Waals surface area contributed by atoms with Crippen molar-refractivity contribution < 1.29 is 0 Å². The Morgan fingerprint density at radius 1 is 1.10 bits per heavy atom. The van der Waals surface area contributed by atoms with E-state index in [9.17, 15) is 0 Å². The summed E-state index contributed by atoms with van der Waals surface area (Å²) in [6.45, 7) is 0. The molecular weight excluding hydrogens is 427 g/mol. The molecule has 0 amide bonds. The molecule has 0 saturated carbocycles. The third-order valence-corrected chi connectivity index (χ3v) is 4.93. The first-order chi connectivity index (χ1) is 9.52. The zero-order chi connectivity index (χ0) is 14.7. The van der Waals surface area contributed by atoms with E-state index in [2.05, 4.69) is 37.3 Å². The van der Waals surface area contributed by atoms with Gasteiger partial charge >= 0.3 is 0 Å². The average Bonchev–Trinajstić information content (AvgIpc) is 2.42. The number of nitrogens with two attached hydrogens (primary N) is 1. The SMILES string of the molecule is NNC(Cc1c(Cl)cccc1Cl)c1cc(Br)ccc1Br. The topological polar surface area (TPSA) is 38.0 Å². The predicted octanol–water partition coefficient (Wildman–Crippen LogP) is 5.27. The maximum Gasteiger partial charge on any atom is 0.0512 e. The molecule has 1 unspecified atom stereocenters. The van der Waals surface area contributed by atoms with Gasteiger partial charge < -0.3 is 0 Å². The summed E-state index contributed by atoms with van der Waals surface area (Å²) in [4.78, 5) is 0. The van der Waals surface area contributed by atoms with E-state index in [1.807, 2.05) is 36.4 Å². The van der Waals surface area contributed by atoms with Crippen LogP contribution in [0.5, 0.6) is 0 Å². The third kappa shape index (κ3) is 3.75. The first-order valence-corrected chi connectivity index (χ1v) is 8.21. The van der Waals surface area contributed by atoms with E-state index in [1.54, 1.807) is 0 Å². The summed E-state index contributed by atoms with van der Waals surface area (Å²) in [6, 6.07) is 11.3. The Morgan fingerprint density at radius 2 is 1.75 bits per heavy atom. The van der Waals surface area contributed by atoms with E-state index >= 15 is 0 Å². The third-order valence-electron chi connectivity index (χ3n) is 3.00. The number of hydrazine groups is 1. The summed E-state index contributed by atoms with van der Waals surface area (Å²) >= 11 is 19.4. The van der Waals surface area contributed by atoms with E-state index < -0.39 is 0 Å². The Kier molecular flexibility index (Phi) is 5.90. The second-order valence-electron chi connectivity index (χ2n) is 4.29. The summed E-state index contributed by atoms with van der Waals surface area (Å²) in [7, 11) is 0. The van der Waals surface area contributed by atoms with Crippen LogP contribution in [-0.2, 0) is 6.42 Å². The maximum absolute atomic E-state index is 6.22. The van der Waals surface area contributed by atoms with Gasteiger partial charge in [-0.2, -0.15) is 0 Å². The van der Waals surface area contributed by atoms with E-state index in [0.717, 1.165) is 20.1 Å². The molecule has 1 atom stereocenters. The average molecular weight is 439 g/mol. The predicted molar refractivity (Wildman–Crippen MR) is 92.1 cm³/mol. The summed E-state index contributed by atoms with van der Waals surface area (Å²) < 4.78 is 1.97. The van der Waals surface area contributed by atoms with Crippen LogP contribution in [0.25, 0.3) is 0 Å². The molecule has 2 nitrogen and oxygen atoms in total. The molecule has 0 fully saturated rings. The van der Waals surface area contributed by atoms with Crippen molar-refractivity contribution >= 4 is 55.1 Å². The highest BCUT2D eigenvalue weighted by Gasteiger charge is 2.17. The molecule has 20 heavy (non-hydrogen) atoms. The minimum atomic E-state index is -0.0979. The Balaban J connectivity index is 2.36. The molecule has 0 aliphatic carbocycles. The largest absolute Gasteiger partial charge is 0.271 e. The van der Waals surface area contributed by atoms with Crippen LogP contribution >= 0.6 is 55.1 Å². The van der Waals surface area contributed by atoms with Crippen molar-refractivity contribution in [3.63, 3.8) is 0 Å². The highest BCUT2D eigenvalue weighted by Crippen LogP contribution is 2.32. The second kappa shape index (κ2) is 7.25. The molecule has 0 aromatic heterocycles. The first kappa shape index (κ1) is 16.3. The zero-order valence-electron chi connectivity index (χ0n) is 10.3. The normalized spacial score (nSPS) is 12.4. The van der Waals surface area contributed by atoms with Crippen LogP contribution in [0.2, 0.25) is 10.0 Å². The lowest BCUT2D eigenvalue weighted by molar-refractivity contribution is 0.550. The Labute approximate surface area is 144 Å². The molecule has 0 spiro atoms. The van der Waals surface area contributed by atoms with Gasteiger partial charge in [0, 0.05) is 19.0 Å². The molecule has 0 aliphatic heterocycles. The number of nitrogens with one attached hydrogen (secondary N) is 1. The van der Waals surface area contributed by atoms with E-state index in [1.165, 1.54) is 0 Å². The van der Waals surface area contributed by atoms with Crippen LogP contribution in [0.4, 0.5) is 0 Å². The van der Waals surface area contributed by atoms with Gasteiger partial charge in [-0.3, -0.25) is 11.3 Å². The fraction of sp³-hybridized carbons (Fsp3) is 0.143. The van der Waals surface area contributed by atoms with Gasteiger partial charge in [0.2, 0.25) is 0 Å². The number of benzene rings is 2. The van der Waals surface area contributed by atoms with E-state index in [0.29, 0.717) is 16.5 Å². The molecule has 2 aromatic carbocycles. The fourth-order valence-electron chi connectivity index (χ4n) is 1.97. The number of halogens is 4. The number of hydrogen-bond donors (Lipinski definition) is 2. The van der Waals surface area contributed by atoms with Crippen molar-refractivity contribution in [3.8, 4) is 0 Å². The standard InChI is InChI=1S/C14H12Br2Cl2N2/c15-8-4-5-11(16)9(6-8)14(20-19)7-10-12(17)2-1-3-13(10)18/h1-6,14,20H,7,19H2. The van der Waals surface area contributed by atoms with Crippen LogP contribution in [0.15, 0.2) is 45.3 Å². The number of hydrogen-bond acceptors (Lipinski definition) is 2. The first-order valence-electron chi connectivity index (χ1n) is 5.87. The monoisotopic (exact) mass is 436 g/mol. The van der Waals surface area contributed by atoms with Crippen LogP contribution in [-0.4, -0.2) is 0 Å². The molecule has 2 rings (SSSR count). The maximum atomic E-state index is 6.22. The van der Waals surface area contributed by atoms with Gasteiger partial charge in [0.05, 0.1) is 6.04 Å². The lowest BCUT2D eigenvalue weighted by atomic mass is 9.99. The van der Waals surface area contributed by atoms with Crippen LogP contribution < -0.4 is 11.3 Å². The van der Waals surface area contributed by atoms with E-state index in [-0.39, 0.29) is 6.04 Å². The molecule has 0 heterocycles. The van der Waals surface area contributed by atoms with Gasteiger partial charge in [-0.25, -0.2) is 0 Å². The molecule has 0 saturated heterocycles. The number of rotatable bonds is 4. The van der Waals surface area contributed by atoms with Gasteiger partial charge in [-0.1, -0.05) is 61.1 Å². The lowest BCUT2D eigenvalue weighted by Crippen LogP contribution is -2.30. The van der Waals surface area contributed by atoms with Crippen LogP contribution in [0, 0.1) is 0 Å². The van der Waals surface area contributed by atoms with Crippen molar-refractivity contribution in [2.24, 2.45) is 5.84 Å². The Bertz CT molecular complexity index is 600. The zero-order valence-corrected chi connectivity index (χ0v) is 15.0. The Hall–Kier alpha value is -0.100. The van der Waals surface area contributed by atoms with Crippen LogP contribution in [0.3, 0.4) is 0 Å². The van der Waals surface area contributed by atoms with Gasteiger partial charge in [0.15, 0.2) is 0 Å². The van der Waals surface area contributed by atoms with Crippen molar-refractivity contribution in [1.82, 2.24) is 5.43 Å². The van der Waals surface area contributed by atoms with Crippen molar-refractivity contribution in [2.45, 2.75) is 12.5 Å². The van der Waals surface area contributed by atoms with Gasteiger partial charge in [0.25, 0.3) is 0 Å². The quantitative estimate of drug-likeness (QED) is 0.504. The lowest BCUT2D eigenvalue weighted by Gasteiger charge is -2.19. The molecular formula is C14H12Br2Cl2N2. The highest BCUT2D eigenvalue weighted by molar-refractivity contribution is 9.11. The summed E-state index contributed by atoms with van der Waals surface area (Å²) in [5, 5.41) is 1.28.